The molecule has 118 valence electrons. The SMILES string of the molecule is COCCC[C@H]1CCCCN1Cc1cc(=O)c(OC)c[nH]1. The van der Waals surface area contributed by atoms with Crippen molar-refractivity contribution in [2.45, 2.75) is 44.7 Å². The van der Waals surface area contributed by atoms with Crippen LogP contribution in [-0.4, -0.2) is 43.3 Å². The van der Waals surface area contributed by atoms with Gasteiger partial charge < -0.3 is 14.5 Å². The van der Waals surface area contributed by atoms with Crippen LogP contribution < -0.4 is 10.2 Å². The number of likely N-dealkylation sites (tertiary alicyclic amines) is 1. The number of nitrogens with zero attached hydrogens (tertiary/aromatic N) is 1. The Hall–Kier alpha value is -1.33. The molecular weight excluding hydrogens is 268 g/mol. The molecule has 1 aliphatic rings. The highest BCUT2D eigenvalue weighted by molar-refractivity contribution is 5.20. The van der Waals surface area contributed by atoms with Crippen LogP contribution in [0.3, 0.4) is 0 Å². The lowest BCUT2D eigenvalue weighted by atomic mass is 9.98. The Balaban J connectivity index is 1.98. The van der Waals surface area contributed by atoms with Crippen LogP contribution in [0.5, 0.6) is 5.75 Å². The molecule has 0 amide bonds. The number of H-pyrrole nitrogens is 1. The zero-order chi connectivity index (χ0) is 15.1. The minimum atomic E-state index is -0.0563. The third-order valence-electron chi connectivity index (χ3n) is 4.17. The Kier molecular flexibility index (Phi) is 6.26. The molecule has 0 unspecified atom stereocenters. The molecule has 1 atom stereocenters. The van der Waals surface area contributed by atoms with Gasteiger partial charge >= 0.3 is 0 Å². The molecule has 0 radical (unpaired) electrons. The highest BCUT2D eigenvalue weighted by Crippen LogP contribution is 2.22. The molecule has 1 N–H and O–H groups in total. The van der Waals surface area contributed by atoms with Gasteiger partial charge in [0, 0.05) is 44.3 Å². The first-order chi connectivity index (χ1) is 10.2. The lowest BCUT2D eigenvalue weighted by Gasteiger charge is -2.35. The number of nitrogens with one attached hydrogen (secondary N) is 1. The summed E-state index contributed by atoms with van der Waals surface area (Å²) < 4.78 is 10.2. The van der Waals surface area contributed by atoms with E-state index in [9.17, 15) is 4.79 Å². The molecule has 1 aliphatic heterocycles. The van der Waals surface area contributed by atoms with Crippen molar-refractivity contribution in [3.63, 3.8) is 0 Å². The van der Waals surface area contributed by atoms with E-state index in [0.29, 0.717) is 11.8 Å². The monoisotopic (exact) mass is 294 g/mol. The van der Waals surface area contributed by atoms with E-state index < -0.39 is 0 Å². The van der Waals surface area contributed by atoms with Gasteiger partial charge in [0.05, 0.1) is 7.11 Å². The van der Waals surface area contributed by atoms with Gasteiger partial charge in [0.25, 0.3) is 0 Å². The van der Waals surface area contributed by atoms with Crippen LogP contribution in [0.1, 0.15) is 37.8 Å². The number of aromatic nitrogens is 1. The molecule has 5 nitrogen and oxygen atoms in total. The average molecular weight is 294 g/mol. The summed E-state index contributed by atoms with van der Waals surface area (Å²) >= 11 is 0. The summed E-state index contributed by atoms with van der Waals surface area (Å²) in [5, 5.41) is 0. The second-order valence-electron chi connectivity index (χ2n) is 5.65. The van der Waals surface area contributed by atoms with Crippen molar-refractivity contribution < 1.29 is 9.47 Å². The van der Waals surface area contributed by atoms with Crippen LogP contribution in [0.4, 0.5) is 0 Å². The van der Waals surface area contributed by atoms with Crippen LogP contribution in [-0.2, 0) is 11.3 Å². The van der Waals surface area contributed by atoms with Gasteiger partial charge in [-0.2, -0.15) is 0 Å². The Morgan fingerprint density at radius 3 is 2.95 bits per heavy atom. The van der Waals surface area contributed by atoms with E-state index in [2.05, 4.69) is 9.88 Å². The average Bonchev–Trinajstić information content (AvgIpc) is 2.49. The number of aromatic amines is 1. The summed E-state index contributed by atoms with van der Waals surface area (Å²) in [6.07, 6.45) is 7.69. The van der Waals surface area contributed by atoms with E-state index in [-0.39, 0.29) is 5.43 Å². The van der Waals surface area contributed by atoms with Crippen molar-refractivity contribution in [2.75, 3.05) is 27.4 Å². The fourth-order valence-corrected chi connectivity index (χ4v) is 3.03. The topological polar surface area (TPSA) is 54.6 Å². The summed E-state index contributed by atoms with van der Waals surface area (Å²) in [6, 6.07) is 2.25. The van der Waals surface area contributed by atoms with Crippen LogP contribution >= 0.6 is 0 Å². The molecule has 0 saturated carbocycles. The molecule has 1 saturated heterocycles. The molecule has 0 bridgehead atoms. The van der Waals surface area contributed by atoms with Crippen LogP contribution in [0, 0.1) is 0 Å². The molecule has 0 aliphatic carbocycles. The number of hydrogen-bond donors (Lipinski definition) is 1. The van der Waals surface area contributed by atoms with Crippen LogP contribution in [0.25, 0.3) is 0 Å². The summed E-state index contributed by atoms with van der Waals surface area (Å²) in [4.78, 5) is 17.5. The van der Waals surface area contributed by atoms with Gasteiger partial charge in [-0.3, -0.25) is 9.69 Å². The van der Waals surface area contributed by atoms with Gasteiger partial charge in [0.2, 0.25) is 5.43 Å². The van der Waals surface area contributed by atoms with Crippen molar-refractivity contribution in [3.8, 4) is 5.75 Å². The maximum atomic E-state index is 11.8. The fraction of sp³-hybridized carbons (Fsp3) is 0.688. The number of rotatable bonds is 7. The largest absolute Gasteiger partial charge is 0.491 e. The first-order valence-electron chi connectivity index (χ1n) is 7.73. The molecule has 2 heterocycles. The smallest absolute Gasteiger partial charge is 0.223 e. The van der Waals surface area contributed by atoms with Gasteiger partial charge in [0.1, 0.15) is 0 Å². The maximum Gasteiger partial charge on any atom is 0.223 e. The number of hydrogen-bond acceptors (Lipinski definition) is 4. The Bertz CT molecular complexity index is 487. The van der Waals surface area contributed by atoms with Crippen LogP contribution in [0.2, 0.25) is 0 Å². The molecule has 21 heavy (non-hydrogen) atoms. The van der Waals surface area contributed by atoms with E-state index >= 15 is 0 Å². The summed E-state index contributed by atoms with van der Waals surface area (Å²) in [5.74, 6) is 0.369. The Morgan fingerprint density at radius 1 is 1.38 bits per heavy atom. The second-order valence-corrected chi connectivity index (χ2v) is 5.65. The minimum Gasteiger partial charge on any atom is -0.491 e. The van der Waals surface area contributed by atoms with Crippen molar-refractivity contribution in [1.29, 1.82) is 0 Å². The minimum absolute atomic E-state index is 0.0563. The summed E-state index contributed by atoms with van der Waals surface area (Å²) in [7, 11) is 3.27. The van der Waals surface area contributed by atoms with Gasteiger partial charge in [-0.05, 0) is 32.2 Å². The van der Waals surface area contributed by atoms with E-state index in [1.165, 1.54) is 26.4 Å². The van der Waals surface area contributed by atoms with Gasteiger partial charge in [-0.25, -0.2) is 0 Å². The first-order valence-corrected chi connectivity index (χ1v) is 7.73. The third kappa shape index (κ3) is 4.58. The van der Waals surface area contributed by atoms with Crippen molar-refractivity contribution in [2.24, 2.45) is 0 Å². The van der Waals surface area contributed by atoms with E-state index in [4.69, 9.17) is 9.47 Å². The zero-order valence-corrected chi connectivity index (χ0v) is 13.1. The molecular formula is C16H26N2O3. The van der Waals surface area contributed by atoms with E-state index in [1.807, 2.05) is 0 Å². The van der Waals surface area contributed by atoms with Crippen molar-refractivity contribution in [1.82, 2.24) is 9.88 Å². The molecule has 5 heteroatoms. The Morgan fingerprint density at radius 2 is 2.24 bits per heavy atom. The third-order valence-corrected chi connectivity index (χ3v) is 4.17. The molecule has 0 aromatic carbocycles. The van der Waals surface area contributed by atoms with Crippen LogP contribution in [0.15, 0.2) is 17.1 Å². The molecule has 2 rings (SSSR count). The Labute approximate surface area is 126 Å². The molecule has 0 spiro atoms. The first kappa shape index (κ1) is 16.0. The predicted molar refractivity (Wildman–Crippen MR) is 82.8 cm³/mol. The second kappa shape index (κ2) is 8.20. The van der Waals surface area contributed by atoms with E-state index in [0.717, 1.165) is 38.2 Å². The quantitative estimate of drug-likeness (QED) is 0.783. The highest BCUT2D eigenvalue weighted by Gasteiger charge is 2.22. The van der Waals surface area contributed by atoms with Gasteiger partial charge in [0.15, 0.2) is 5.75 Å². The highest BCUT2D eigenvalue weighted by atomic mass is 16.5. The molecule has 1 aromatic rings. The summed E-state index contributed by atoms with van der Waals surface area (Å²) in [6.45, 7) is 2.73. The number of methoxy groups -OCH3 is 2. The van der Waals surface area contributed by atoms with E-state index in [1.54, 1.807) is 19.4 Å². The predicted octanol–water partition coefficient (Wildman–Crippen LogP) is 2.16. The van der Waals surface area contributed by atoms with Crippen molar-refractivity contribution in [3.05, 3.63) is 28.2 Å². The van der Waals surface area contributed by atoms with Gasteiger partial charge in [-0.15, -0.1) is 0 Å². The van der Waals surface area contributed by atoms with Crippen molar-refractivity contribution >= 4 is 0 Å². The standard InChI is InChI=1S/C16H26N2O3/c1-20-9-5-7-14-6-3-4-8-18(14)12-13-10-15(19)16(21-2)11-17-13/h10-11,14H,3-9,12H2,1-2H3,(H,17,19)/t14-/m1/s1. The summed E-state index contributed by atoms with van der Waals surface area (Å²) in [5.41, 5.74) is 0.902. The lowest BCUT2D eigenvalue weighted by molar-refractivity contribution is 0.115. The number of piperidine rings is 1. The molecule has 1 aromatic heterocycles. The zero-order valence-electron chi connectivity index (χ0n) is 13.1. The van der Waals surface area contributed by atoms with Gasteiger partial charge in [-0.1, -0.05) is 6.42 Å². The number of ether oxygens (including phenoxy) is 2. The molecule has 1 fully saturated rings. The lowest BCUT2D eigenvalue weighted by Crippen LogP contribution is -2.39. The maximum absolute atomic E-state index is 11.8. The number of pyridine rings is 1. The normalized spacial score (nSPS) is 19.6. The fourth-order valence-electron chi connectivity index (χ4n) is 3.03.